The molecule has 3 amide bonds. The molecular formula is C25H23BrN2O5S. The Bertz CT molecular complexity index is 1230. The number of nitrogens with one attached hydrogen (secondary N) is 1. The molecule has 0 saturated carbocycles. The van der Waals surface area contributed by atoms with E-state index in [1.165, 1.54) is 7.11 Å². The summed E-state index contributed by atoms with van der Waals surface area (Å²) in [5, 5.41) is 2.31. The lowest BCUT2D eigenvalue weighted by Crippen LogP contribution is -2.36. The highest BCUT2D eigenvalue weighted by atomic mass is 79.9. The summed E-state index contributed by atoms with van der Waals surface area (Å²) in [6, 6.07) is 7.31. The summed E-state index contributed by atoms with van der Waals surface area (Å²) in [5.74, 6) is 2.25. The van der Waals surface area contributed by atoms with Crippen molar-refractivity contribution in [1.82, 2.24) is 4.90 Å². The Morgan fingerprint density at radius 2 is 1.88 bits per heavy atom. The van der Waals surface area contributed by atoms with Gasteiger partial charge < -0.3 is 14.8 Å². The van der Waals surface area contributed by atoms with Gasteiger partial charge in [-0.1, -0.05) is 23.6 Å². The Kier molecular flexibility index (Phi) is 8.07. The Morgan fingerprint density at radius 3 is 2.50 bits per heavy atom. The van der Waals surface area contributed by atoms with Crippen LogP contribution in [0.2, 0.25) is 0 Å². The number of amides is 3. The number of ether oxygens (including phenoxy) is 2. The third-order valence-corrected chi connectivity index (χ3v) is 6.46. The van der Waals surface area contributed by atoms with E-state index in [1.54, 1.807) is 18.2 Å². The number of halogens is 1. The van der Waals surface area contributed by atoms with Gasteiger partial charge in [-0.15, -0.1) is 6.42 Å². The minimum atomic E-state index is -0.537. The highest BCUT2D eigenvalue weighted by molar-refractivity contribution is 9.10. The minimum Gasteiger partial charge on any atom is -0.493 e. The van der Waals surface area contributed by atoms with Crippen molar-refractivity contribution in [3.8, 4) is 23.8 Å². The summed E-state index contributed by atoms with van der Waals surface area (Å²) in [6.07, 6.45) is 6.82. The Balaban J connectivity index is 1.78. The van der Waals surface area contributed by atoms with E-state index < -0.39 is 17.1 Å². The summed E-state index contributed by atoms with van der Waals surface area (Å²) in [7, 11) is 1.48. The fraction of sp³-hybridized carbons (Fsp3) is 0.240. The second-order valence-electron chi connectivity index (χ2n) is 7.62. The molecule has 0 atom stereocenters. The van der Waals surface area contributed by atoms with Crippen LogP contribution < -0.4 is 14.8 Å². The summed E-state index contributed by atoms with van der Waals surface area (Å²) >= 11 is 4.19. The summed E-state index contributed by atoms with van der Waals surface area (Å²) in [5.41, 5.74) is 4.20. The smallest absolute Gasteiger partial charge is 0.294 e. The van der Waals surface area contributed by atoms with Gasteiger partial charge >= 0.3 is 0 Å². The first-order valence-electron chi connectivity index (χ1n) is 10.2. The second kappa shape index (κ2) is 10.8. The van der Waals surface area contributed by atoms with Crippen molar-refractivity contribution in [2.45, 2.75) is 20.8 Å². The van der Waals surface area contributed by atoms with Crippen LogP contribution in [0.5, 0.6) is 11.5 Å². The van der Waals surface area contributed by atoms with Gasteiger partial charge in [-0.3, -0.25) is 19.3 Å². The summed E-state index contributed by atoms with van der Waals surface area (Å²) < 4.78 is 11.4. The molecule has 1 aliphatic rings. The van der Waals surface area contributed by atoms with E-state index in [2.05, 4.69) is 27.2 Å². The van der Waals surface area contributed by atoms with E-state index in [0.29, 0.717) is 27.2 Å². The molecule has 2 aromatic rings. The summed E-state index contributed by atoms with van der Waals surface area (Å²) in [4.78, 5) is 39.1. The number of carbonyl (C=O) groups is 3. The lowest BCUT2D eigenvalue weighted by Gasteiger charge is -2.16. The largest absolute Gasteiger partial charge is 0.493 e. The van der Waals surface area contributed by atoms with Crippen LogP contribution in [0.25, 0.3) is 6.08 Å². The molecule has 1 saturated heterocycles. The number of carbonyl (C=O) groups excluding carboxylic acids is 3. The maximum Gasteiger partial charge on any atom is 0.294 e. The van der Waals surface area contributed by atoms with Gasteiger partial charge in [0.1, 0.15) is 13.2 Å². The number of thioether (sulfide) groups is 1. The Morgan fingerprint density at radius 1 is 1.21 bits per heavy atom. The van der Waals surface area contributed by atoms with Gasteiger partial charge in [-0.2, -0.15) is 0 Å². The number of hydrogen-bond acceptors (Lipinski definition) is 6. The first-order valence-corrected chi connectivity index (χ1v) is 11.8. The van der Waals surface area contributed by atoms with Gasteiger partial charge in [-0.25, -0.2) is 0 Å². The van der Waals surface area contributed by atoms with E-state index in [-0.39, 0.29) is 18.1 Å². The molecule has 1 aliphatic heterocycles. The van der Waals surface area contributed by atoms with Crippen molar-refractivity contribution in [3.05, 3.63) is 55.9 Å². The number of rotatable bonds is 7. The molecule has 0 radical (unpaired) electrons. The van der Waals surface area contributed by atoms with E-state index in [9.17, 15) is 14.4 Å². The molecule has 34 heavy (non-hydrogen) atoms. The molecule has 0 unspecified atom stereocenters. The predicted octanol–water partition coefficient (Wildman–Crippen LogP) is 5.07. The molecule has 0 aromatic heterocycles. The molecular weight excluding hydrogens is 520 g/mol. The van der Waals surface area contributed by atoms with Crippen molar-refractivity contribution in [2.75, 3.05) is 25.6 Å². The van der Waals surface area contributed by atoms with Gasteiger partial charge in [-0.05, 0) is 83.4 Å². The standard InChI is InChI=1S/C25H23BrN2O5S/c1-6-7-33-23-18(26)10-17(11-19(23)32-5)12-20-24(30)28(25(31)34-20)13-21(29)27-22-15(3)8-14(2)9-16(22)4/h1,8-12H,7,13H2,2-5H3,(H,27,29)/b20-12-. The maximum atomic E-state index is 12.9. The zero-order valence-corrected chi connectivity index (χ0v) is 21.6. The number of nitrogens with zero attached hydrogens (tertiary/aromatic N) is 1. The van der Waals surface area contributed by atoms with Crippen LogP contribution in [-0.4, -0.2) is 42.2 Å². The minimum absolute atomic E-state index is 0.0664. The highest BCUT2D eigenvalue weighted by Gasteiger charge is 2.36. The molecule has 0 spiro atoms. The molecule has 3 rings (SSSR count). The molecule has 0 bridgehead atoms. The van der Waals surface area contributed by atoms with Gasteiger partial charge in [0.05, 0.1) is 16.5 Å². The number of anilines is 1. The summed E-state index contributed by atoms with van der Waals surface area (Å²) in [6.45, 7) is 5.46. The van der Waals surface area contributed by atoms with Crippen molar-refractivity contribution in [3.63, 3.8) is 0 Å². The number of terminal acetylenes is 1. The van der Waals surface area contributed by atoms with Gasteiger partial charge in [0.25, 0.3) is 11.1 Å². The Hall–Kier alpha value is -3.22. The SMILES string of the molecule is C#CCOc1c(Br)cc(/C=C2\SC(=O)N(CC(=O)Nc3c(C)cc(C)cc3C)C2=O)cc1OC. The molecule has 7 nitrogen and oxygen atoms in total. The van der Waals surface area contributed by atoms with Crippen molar-refractivity contribution in [2.24, 2.45) is 0 Å². The lowest BCUT2D eigenvalue weighted by atomic mass is 10.1. The first-order chi connectivity index (χ1) is 16.1. The Labute approximate surface area is 211 Å². The number of hydrogen-bond donors (Lipinski definition) is 1. The number of methoxy groups -OCH3 is 1. The van der Waals surface area contributed by atoms with Crippen LogP contribution in [0.3, 0.4) is 0 Å². The molecule has 176 valence electrons. The highest BCUT2D eigenvalue weighted by Crippen LogP contribution is 2.39. The third kappa shape index (κ3) is 5.64. The third-order valence-electron chi connectivity index (χ3n) is 4.97. The van der Waals surface area contributed by atoms with Crippen LogP contribution in [-0.2, 0) is 9.59 Å². The normalized spacial score (nSPS) is 14.4. The van der Waals surface area contributed by atoms with Crippen LogP contribution in [0, 0.1) is 33.1 Å². The quantitative estimate of drug-likeness (QED) is 0.388. The van der Waals surface area contributed by atoms with Gasteiger partial charge in [0, 0.05) is 5.69 Å². The topological polar surface area (TPSA) is 84.9 Å². The zero-order valence-electron chi connectivity index (χ0n) is 19.2. The molecule has 1 fully saturated rings. The molecule has 1 N–H and O–H groups in total. The monoisotopic (exact) mass is 542 g/mol. The maximum absolute atomic E-state index is 12.9. The average molecular weight is 543 g/mol. The zero-order chi connectivity index (χ0) is 25.0. The van der Waals surface area contributed by atoms with E-state index in [4.69, 9.17) is 15.9 Å². The van der Waals surface area contributed by atoms with Crippen LogP contribution in [0.1, 0.15) is 22.3 Å². The van der Waals surface area contributed by atoms with Crippen molar-refractivity contribution < 1.29 is 23.9 Å². The van der Waals surface area contributed by atoms with Crippen LogP contribution >= 0.6 is 27.7 Å². The molecule has 9 heteroatoms. The van der Waals surface area contributed by atoms with Crippen LogP contribution in [0.15, 0.2) is 33.6 Å². The van der Waals surface area contributed by atoms with E-state index in [1.807, 2.05) is 32.9 Å². The predicted molar refractivity (Wildman–Crippen MR) is 137 cm³/mol. The fourth-order valence-electron chi connectivity index (χ4n) is 3.56. The number of aryl methyl sites for hydroxylation is 3. The lowest BCUT2D eigenvalue weighted by molar-refractivity contribution is -0.127. The van der Waals surface area contributed by atoms with Crippen LogP contribution in [0.4, 0.5) is 10.5 Å². The molecule has 0 aliphatic carbocycles. The molecule has 2 aromatic carbocycles. The number of benzene rings is 2. The van der Waals surface area contributed by atoms with E-state index in [0.717, 1.165) is 33.4 Å². The van der Waals surface area contributed by atoms with E-state index >= 15 is 0 Å². The van der Waals surface area contributed by atoms with Gasteiger partial charge in [0.2, 0.25) is 5.91 Å². The van der Waals surface area contributed by atoms with Gasteiger partial charge in [0.15, 0.2) is 11.5 Å². The first kappa shape index (κ1) is 25.4. The van der Waals surface area contributed by atoms with Crippen molar-refractivity contribution >= 4 is 56.5 Å². The number of imide groups is 1. The van der Waals surface area contributed by atoms with Crippen molar-refractivity contribution in [1.29, 1.82) is 0 Å². The fourth-order valence-corrected chi connectivity index (χ4v) is 4.98. The second-order valence-corrected chi connectivity index (χ2v) is 9.46. The molecule has 1 heterocycles. The average Bonchev–Trinajstić information content (AvgIpc) is 3.02.